The lowest BCUT2D eigenvalue weighted by molar-refractivity contribution is 0.112. The predicted molar refractivity (Wildman–Crippen MR) is 71.3 cm³/mol. The van der Waals surface area contributed by atoms with Gasteiger partial charge in [0.25, 0.3) is 0 Å². The van der Waals surface area contributed by atoms with Crippen molar-refractivity contribution < 1.29 is 9.21 Å². The highest BCUT2D eigenvalue weighted by Crippen LogP contribution is 2.31. The van der Waals surface area contributed by atoms with Crippen LogP contribution in [0.25, 0.3) is 11.0 Å². The zero-order valence-electron chi connectivity index (χ0n) is 10.4. The van der Waals surface area contributed by atoms with Crippen molar-refractivity contribution in [2.45, 2.75) is 0 Å². The van der Waals surface area contributed by atoms with Crippen LogP contribution in [-0.4, -0.2) is 44.4 Å². The molecular formula is C14H16N2O2. The van der Waals surface area contributed by atoms with E-state index in [-0.39, 0.29) is 0 Å². The van der Waals surface area contributed by atoms with Crippen molar-refractivity contribution in [2.24, 2.45) is 0 Å². The fourth-order valence-corrected chi connectivity index (χ4v) is 2.48. The highest BCUT2D eigenvalue weighted by molar-refractivity contribution is 5.99. The maximum Gasteiger partial charge on any atom is 0.157 e. The van der Waals surface area contributed by atoms with Gasteiger partial charge in [0.2, 0.25) is 0 Å². The number of carbonyl (C=O) groups excluding carboxylic acids is 1. The Bertz CT molecular complexity index is 568. The van der Waals surface area contributed by atoms with Crippen LogP contribution in [0, 0.1) is 0 Å². The molecule has 0 unspecified atom stereocenters. The Morgan fingerprint density at radius 2 is 1.94 bits per heavy atom. The average molecular weight is 244 g/mol. The zero-order valence-corrected chi connectivity index (χ0v) is 10.4. The van der Waals surface area contributed by atoms with Gasteiger partial charge in [0.15, 0.2) is 11.9 Å². The van der Waals surface area contributed by atoms with E-state index in [9.17, 15) is 4.79 Å². The van der Waals surface area contributed by atoms with Crippen molar-refractivity contribution in [3.8, 4) is 0 Å². The van der Waals surface area contributed by atoms with Crippen LogP contribution in [0.3, 0.4) is 0 Å². The molecule has 1 saturated heterocycles. The molecule has 1 aliphatic heterocycles. The minimum atomic E-state index is 0.710. The van der Waals surface area contributed by atoms with Crippen LogP contribution in [0.1, 0.15) is 10.4 Å². The molecule has 94 valence electrons. The van der Waals surface area contributed by atoms with Gasteiger partial charge in [0, 0.05) is 37.1 Å². The highest BCUT2D eigenvalue weighted by Gasteiger charge is 2.20. The van der Waals surface area contributed by atoms with Crippen LogP contribution in [0.15, 0.2) is 28.9 Å². The van der Waals surface area contributed by atoms with Crippen molar-refractivity contribution in [3.05, 3.63) is 30.0 Å². The average Bonchev–Trinajstić information content (AvgIpc) is 2.87. The zero-order chi connectivity index (χ0) is 12.5. The molecule has 1 aliphatic rings. The Labute approximate surface area is 106 Å². The molecule has 0 radical (unpaired) electrons. The smallest absolute Gasteiger partial charge is 0.157 e. The molecule has 3 rings (SSSR count). The van der Waals surface area contributed by atoms with Gasteiger partial charge < -0.3 is 14.2 Å². The van der Waals surface area contributed by atoms with Crippen molar-refractivity contribution >= 4 is 22.9 Å². The molecule has 0 spiro atoms. The molecule has 0 amide bonds. The number of anilines is 1. The summed E-state index contributed by atoms with van der Waals surface area (Å²) in [5.74, 6) is 0. The minimum Gasteiger partial charge on any atom is -0.462 e. The second kappa shape index (κ2) is 4.46. The summed E-state index contributed by atoms with van der Waals surface area (Å²) in [4.78, 5) is 15.8. The quantitative estimate of drug-likeness (QED) is 0.757. The summed E-state index contributed by atoms with van der Waals surface area (Å²) in [7, 11) is 2.12. The molecule has 0 bridgehead atoms. The van der Waals surface area contributed by atoms with E-state index in [4.69, 9.17) is 4.42 Å². The molecule has 1 fully saturated rings. The maximum atomic E-state index is 11.2. The summed E-state index contributed by atoms with van der Waals surface area (Å²) in [6, 6.07) is 5.74. The number of aldehydes is 1. The maximum absolute atomic E-state index is 11.2. The molecule has 2 aromatic rings. The third-order valence-corrected chi connectivity index (χ3v) is 3.57. The fraction of sp³-hybridized carbons (Fsp3) is 0.357. The predicted octanol–water partition coefficient (Wildman–Crippen LogP) is 2.00. The number of likely N-dealkylation sites (N-methyl/N-ethyl adjacent to an activating group) is 1. The lowest BCUT2D eigenvalue weighted by Crippen LogP contribution is -2.44. The summed E-state index contributed by atoms with van der Waals surface area (Å²) in [6.07, 6.45) is 2.59. The summed E-state index contributed by atoms with van der Waals surface area (Å²) in [6.45, 7) is 3.87. The lowest BCUT2D eigenvalue weighted by Gasteiger charge is -2.34. The van der Waals surface area contributed by atoms with Gasteiger partial charge in [-0.05, 0) is 19.2 Å². The van der Waals surface area contributed by atoms with Gasteiger partial charge in [0.1, 0.15) is 0 Å². The van der Waals surface area contributed by atoms with Gasteiger partial charge >= 0.3 is 0 Å². The number of hydrogen-bond donors (Lipinski definition) is 0. The van der Waals surface area contributed by atoms with E-state index < -0.39 is 0 Å². The van der Waals surface area contributed by atoms with E-state index in [1.54, 1.807) is 6.26 Å². The van der Waals surface area contributed by atoms with E-state index in [1.807, 2.05) is 18.2 Å². The number of fused-ring (bicyclic) bond motifs is 1. The Morgan fingerprint density at radius 1 is 1.17 bits per heavy atom. The van der Waals surface area contributed by atoms with Gasteiger partial charge in [-0.25, -0.2) is 0 Å². The highest BCUT2D eigenvalue weighted by atomic mass is 16.3. The molecule has 0 saturated carbocycles. The molecule has 0 aliphatic carbocycles. The number of piperazine rings is 1. The number of furan rings is 1. The van der Waals surface area contributed by atoms with Gasteiger partial charge in [-0.2, -0.15) is 0 Å². The van der Waals surface area contributed by atoms with E-state index in [2.05, 4.69) is 16.8 Å². The second-order valence-electron chi connectivity index (χ2n) is 4.75. The second-order valence-corrected chi connectivity index (χ2v) is 4.75. The Hall–Kier alpha value is -1.81. The molecule has 1 aromatic heterocycles. The Morgan fingerprint density at radius 3 is 2.67 bits per heavy atom. The largest absolute Gasteiger partial charge is 0.462 e. The van der Waals surface area contributed by atoms with Crippen LogP contribution in [0.2, 0.25) is 0 Å². The number of carbonyl (C=O) groups is 1. The monoisotopic (exact) mass is 244 g/mol. The first-order valence-corrected chi connectivity index (χ1v) is 6.18. The normalized spacial score (nSPS) is 17.3. The molecule has 2 heterocycles. The topological polar surface area (TPSA) is 36.7 Å². The summed E-state index contributed by atoms with van der Waals surface area (Å²) >= 11 is 0. The molecule has 0 atom stereocenters. The van der Waals surface area contributed by atoms with Gasteiger partial charge in [-0.3, -0.25) is 4.79 Å². The van der Waals surface area contributed by atoms with Crippen LogP contribution in [0.4, 0.5) is 5.69 Å². The first kappa shape index (κ1) is 11.3. The van der Waals surface area contributed by atoms with Crippen molar-refractivity contribution in [3.63, 3.8) is 0 Å². The van der Waals surface area contributed by atoms with Crippen molar-refractivity contribution in [2.75, 3.05) is 38.1 Å². The summed E-state index contributed by atoms with van der Waals surface area (Å²) in [5, 5.41) is 1.05. The summed E-state index contributed by atoms with van der Waals surface area (Å²) in [5.41, 5.74) is 2.48. The standard InChI is InChI=1S/C14H16N2O2/c1-15-5-7-16(8-6-15)13-12(10-17)3-2-11-4-9-18-14(11)13/h2-4,9-10H,5-8H2,1H3. The number of benzene rings is 1. The van der Waals surface area contributed by atoms with Crippen LogP contribution < -0.4 is 4.90 Å². The van der Waals surface area contributed by atoms with Gasteiger partial charge in [-0.15, -0.1) is 0 Å². The lowest BCUT2D eigenvalue weighted by atomic mass is 10.1. The number of rotatable bonds is 2. The first-order valence-electron chi connectivity index (χ1n) is 6.18. The molecule has 18 heavy (non-hydrogen) atoms. The van der Waals surface area contributed by atoms with Crippen molar-refractivity contribution in [1.82, 2.24) is 4.90 Å². The molecule has 4 nitrogen and oxygen atoms in total. The van der Waals surface area contributed by atoms with Gasteiger partial charge in [0.05, 0.1) is 12.0 Å². The van der Waals surface area contributed by atoms with Crippen molar-refractivity contribution in [1.29, 1.82) is 0 Å². The number of nitrogens with zero attached hydrogens (tertiary/aromatic N) is 2. The minimum absolute atomic E-state index is 0.710. The molecular weight excluding hydrogens is 228 g/mol. The van der Waals surface area contributed by atoms with Gasteiger partial charge in [-0.1, -0.05) is 6.07 Å². The molecule has 0 N–H and O–H groups in total. The third-order valence-electron chi connectivity index (χ3n) is 3.57. The fourth-order valence-electron chi connectivity index (χ4n) is 2.48. The number of hydrogen-bond acceptors (Lipinski definition) is 4. The Balaban J connectivity index is 2.08. The first-order chi connectivity index (χ1) is 8.79. The van der Waals surface area contributed by atoms with Crippen LogP contribution in [0.5, 0.6) is 0 Å². The van der Waals surface area contributed by atoms with E-state index in [0.717, 1.165) is 49.1 Å². The van der Waals surface area contributed by atoms with E-state index in [1.165, 1.54) is 0 Å². The van der Waals surface area contributed by atoms with E-state index >= 15 is 0 Å². The summed E-state index contributed by atoms with van der Waals surface area (Å²) < 4.78 is 5.56. The van der Waals surface area contributed by atoms with Crippen LogP contribution >= 0.6 is 0 Å². The van der Waals surface area contributed by atoms with Crippen LogP contribution in [-0.2, 0) is 0 Å². The third kappa shape index (κ3) is 1.78. The molecule has 4 heteroatoms. The molecule has 1 aromatic carbocycles. The SMILES string of the molecule is CN1CCN(c2c(C=O)ccc3ccoc23)CC1. The van der Waals surface area contributed by atoms with E-state index in [0.29, 0.717) is 5.56 Å². The Kier molecular flexibility index (Phi) is 2.80.